The van der Waals surface area contributed by atoms with Gasteiger partial charge < -0.3 is 10.4 Å². The predicted octanol–water partition coefficient (Wildman–Crippen LogP) is 3.24. The number of aromatic hydroxyl groups is 1. The Balaban J connectivity index is 1.98. The van der Waals surface area contributed by atoms with Crippen molar-refractivity contribution in [2.24, 2.45) is 5.92 Å². The third-order valence-corrected chi connectivity index (χ3v) is 3.52. The van der Waals surface area contributed by atoms with Crippen molar-refractivity contribution in [3.63, 3.8) is 0 Å². The molecule has 16 heavy (non-hydrogen) atoms. The van der Waals surface area contributed by atoms with Crippen LogP contribution in [0.1, 0.15) is 30.9 Å². The zero-order chi connectivity index (χ0) is 11.7. The smallest absolute Gasteiger partial charge is 0.123 e. The van der Waals surface area contributed by atoms with Gasteiger partial charge in [-0.25, -0.2) is 0 Å². The molecule has 1 aliphatic carbocycles. The van der Waals surface area contributed by atoms with Gasteiger partial charge in [-0.15, -0.1) is 0 Å². The fourth-order valence-corrected chi connectivity index (χ4v) is 2.56. The van der Waals surface area contributed by atoms with Gasteiger partial charge in [0, 0.05) is 23.2 Å². The fourth-order valence-electron chi connectivity index (χ4n) is 2.26. The summed E-state index contributed by atoms with van der Waals surface area (Å²) < 4.78 is 0. The molecule has 0 spiro atoms. The standard InChI is InChI=1S/C13H18ClNO/c1-8-3-12(4-8)15-7-10-6-11(14)5-9(2)13(10)16/h5-6,8,12,15-16H,3-4,7H2,1-2H3. The number of hydrogen-bond acceptors (Lipinski definition) is 2. The fraction of sp³-hybridized carbons (Fsp3) is 0.538. The van der Waals surface area contributed by atoms with Crippen LogP contribution in [0, 0.1) is 12.8 Å². The SMILES string of the molecule is Cc1cc(Cl)cc(CNC2CC(C)C2)c1O. The molecule has 2 nitrogen and oxygen atoms in total. The van der Waals surface area contributed by atoms with E-state index in [0.717, 1.165) is 17.0 Å². The van der Waals surface area contributed by atoms with Crippen molar-refractivity contribution in [3.8, 4) is 5.75 Å². The first-order chi connectivity index (χ1) is 7.56. The highest BCUT2D eigenvalue weighted by atomic mass is 35.5. The minimum Gasteiger partial charge on any atom is -0.507 e. The third-order valence-electron chi connectivity index (χ3n) is 3.30. The second-order valence-corrected chi connectivity index (χ2v) is 5.32. The highest BCUT2D eigenvalue weighted by Crippen LogP contribution is 2.29. The number of aryl methyl sites for hydroxylation is 1. The van der Waals surface area contributed by atoms with Gasteiger partial charge in [0.25, 0.3) is 0 Å². The van der Waals surface area contributed by atoms with Crippen LogP contribution in [0.3, 0.4) is 0 Å². The number of nitrogens with one attached hydrogen (secondary N) is 1. The monoisotopic (exact) mass is 239 g/mol. The maximum atomic E-state index is 9.88. The minimum atomic E-state index is 0.365. The third kappa shape index (κ3) is 2.50. The molecule has 1 aromatic carbocycles. The summed E-state index contributed by atoms with van der Waals surface area (Å²) in [6.07, 6.45) is 2.47. The first-order valence-electron chi connectivity index (χ1n) is 5.77. The molecule has 2 rings (SSSR count). The Kier molecular flexibility index (Phi) is 3.41. The van der Waals surface area contributed by atoms with Crippen molar-refractivity contribution in [1.29, 1.82) is 0 Å². The van der Waals surface area contributed by atoms with E-state index in [-0.39, 0.29) is 0 Å². The van der Waals surface area contributed by atoms with E-state index in [9.17, 15) is 5.11 Å². The summed E-state index contributed by atoms with van der Waals surface area (Å²) in [5.74, 6) is 1.21. The van der Waals surface area contributed by atoms with Crippen molar-refractivity contribution >= 4 is 11.6 Å². The van der Waals surface area contributed by atoms with Crippen LogP contribution < -0.4 is 5.32 Å². The summed E-state index contributed by atoms with van der Waals surface area (Å²) in [5.41, 5.74) is 1.73. The molecule has 0 radical (unpaired) electrons. The van der Waals surface area contributed by atoms with Crippen molar-refractivity contribution in [2.75, 3.05) is 0 Å². The van der Waals surface area contributed by atoms with E-state index in [1.54, 1.807) is 6.07 Å². The summed E-state index contributed by atoms with van der Waals surface area (Å²) >= 11 is 5.97. The van der Waals surface area contributed by atoms with E-state index in [1.165, 1.54) is 12.8 Å². The average molecular weight is 240 g/mol. The molecule has 0 amide bonds. The quantitative estimate of drug-likeness (QED) is 0.849. The van der Waals surface area contributed by atoms with Crippen LogP contribution >= 0.6 is 11.6 Å². The van der Waals surface area contributed by atoms with Crippen LogP contribution in [-0.2, 0) is 6.54 Å². The van der Waals surface area contributed by atoms with Crippen molar-refractivity contribution in [1.82, 2.24) is 5.32 Å². The van der Waals surface area contributed by atoms with E-state index in [1.807, 2.05) is 13.0 Å². The molecule has 0 unspecified atom stereocenters. The largest absolute Gasteiger partial charge is 0.507 e. The lowest BCUT2D eigenvalue weighted by Gasteiger charge is -2.33. The van der Waals surface area contributed by atoms with E-state index < -0.39 is 0 Å². The first kappa shape index (κ1) is 11.7. The second kappa shape index (κ2) is 4.64. The molecule has 1 saturated carbocycles. The number of phenols is 1. The van der Waals surface area contributed by atoms with Gasteiger partial charge in [0.15, 0.2) is 0 Å². The molecule has 3 heteroatoms. The van der Waals surface area contributed by atoms with Crippen LogP contribution in [0.25, 0.3) is 0 Å². The molecule has 0 aliphatic heterocycles. The lowest BCUT2D eigenvalue weighted by molar-refractivity contribution is 0.239. The van der Waals surface area contributed by atoms with Crippen molar-refractivity contribution < 1.29 is 5.11 Å². The molecular weight excluding hydrogens is 222 g/mol. The number of phenolic OH excluding ortho intramolecular Hbond substituents is 1. The number of benzene rings is 1. The second-order valence-electron chi connectivity index (χ2n) is 4.88. The Labute approximate surface area is 102 Å². The van der Waals surface area contributed by atoms with Crippen LogP contribution in [0.15, 0.2) is 12.1 Å². The summed E-state index contributed by atoms with van der Waals surface area (Å²) in [4.78, 5) is 0. The van der Waals surface area contributed by atoms with Gasteiger partial charge in [-0.05, 0) is 43.4 Å². The summed E-state index contributed by atoms with van der Waals surface area (Å²) in [7, 11) is 0. The molecule has 0 atom stereocenters. The van der Waals surface area contributed by atoms with Gasteiger partial charge >= 0.3 is 0 Å². The zero-order valence-electron chi connectivity index (χ0n) is 9.76. The van der Waals surface area contributed by atoms with E-state index in [0.29, 0.717) is 23.4 Å². The highest BCUT2D eigenvalue weighted by Gasteiger charge is 2.24. The van der Waals surface area contributed by atoms with Gasteiger partial charge in [0.2, 0.25) is 0 Å². The molecule has 88 valence electrons. The molecule has 1 fully saturated rings. The molecule has 0 saturated heterocycles. The summed E-state index contributed by atoms with van der Waals surface area (Å²) in [6, 6.07) is 4.22. The van der Waals surface area contributed by atoms with Gasteiger partial charge in [0.1, 0.15) is 5.75 Å². The number of rotatable bonds is 3. The normalized spacial score (nSPS) is 24.2. The van der Waals surface area contributed by atoms with Crippen LogP contribution in [0.2, 0.25) is 5.02 Å². The van der Waals surface area contributed by atoms with Gasteiger partial charge in [-0.2, -0.15) is 0 Å². The number of hydrogen-bond donors (Lipinski definition) is 2. The Morgan fingerprint density at radius 3 is 2.75 bits per heavy atom. The topological polar surface area (TPSA) is 32.3 Å². The molecule has 2 N–H and O–H groups in total. The minimum absolute atomic E-state index is 0.365. The maximum absolute atomic E-state index is 9.88. The van der Waals surface area contributed by atoms with Crippen molar-refractivity contribution in [2.45, 2.75) is 39.3 Å². The van der Waals surface area contributed by atoms with Gasteiger partial charge in [-0.3, -0.25) is 0 Å². The molecule has 0 aromatic heterocycles. The van der Waals surface area contributed by atoms with E-state index in [2.05, 4.69) is 12.2 Å². The Morgan fingerprint density at radius 2 is 2.12 bits per heavy atom. The Morgan fingerprint density at radius 1 is 1.44 bits per heavy atom. The Hall–Kier alpha value is -0.730. The first-order valence-corrected chi connectivity index (χ1v) is 6.15. The van der Waals surface area contributed by atoms with Crippen molar-refractivity contribution in [3.05, 3.63) is 28.3 Å². The summed E-state index contributed by atoms with van der Waals surface area (Å²) in [5, 5.41) is 14.0. The maximum Gasteiger partial charge on any atom is 0.123 e. The number of halogens is 1. The Bertz CT molecular complexity index is 386. The van der Waals surface area contributed by atoms with Gasteiger partial charge in [0.05, 0.1) is 0 Å². The molecule has 0 heterocycles. The molecule has 0 bridgehead atoms. The molecule has 1 aliphatic rings. The highest BCUT2D eigenvalue weighted by molar-refractivity contribution is 6.30. The van der Waals surface area contributed by atoms with E-state index in [4.69, 9.17) is 11.6 Å². The van der Waals surface area contributed by atoms with Crippen LogP contribution in [-0.4, -0.2) is 11.1 Å². The summed E-state index contributed by atoms with van der Waals surface area (Å²) in [6.45, 7) is 4.83. The predicted molar refractivity (Wildman–Crippen MR) is 66.9 cm³/mol. The van der Waals surface area contributed by atoms with Crippen LogP contribution in [0.4, 0.5) is 0 Å². The average Bonchev–Trinajstić information content (AvgIpc) is 2.17. The molecule has 1 aromatic rings. The van der Waals surface area contributed by atoms with E-state index >= 15 is 0 Å². The molecular formula is C13H18ClNO. The van der Waals surface area contributed by atoms with Crippen LogP contribution in [0.5, 0.6) is 5.75 Å². The lowest BCUT2D eigenvalue weighted by atomic mass is 9.82. The lowest BCUT2D eigenvalue weighted by Crippen LogP contribution is -2.39. The zero-order valence-corrected chi connectivity index (χ0v) is 10.5. The van der Waals surface area contributed by atoms with Gasteiger partial charge in [-0.1, -0.05) is 18.5 Å².